The Kier molecular flexibility index (Phi) is 2.52. The zero-order chi connectivity index (χ0) is 11.0. The average Bonchev–Trinajstić information content (AvgIpc) is 2.60. The Bertz CT molecular complexity index is 531. The van der Waals surface area contributed by atoms with Gasteiger partial charge in [-0.3, -0.25) is 4.79 Å². The lowest BCUT2D eigenvalue weighted by molar-refractivity contribution is 0.0959. The molecule has 0 spiro atoms. The molecule has 1 heterocycles. The fourth-order valence-electron chi connectivity index (χ4n) is 1.63. The molecule has 3 nitrogen and oxygen atoms in total. The number of carbonyl (C=O) groups excluding carboxylic acids is 1. The number of amides is 1. The van der Waals surface area contributed by atoms with Crippen molar-refractivity contribution in [2.75, 3.05) is 7.05 Å². The van der Waals surface area contributed by atoms with Crippen molar-refractivity contribution in [3.63, 3.8) is 0 Å². The summed E-state index contributed by atoms with van der Waals surface area (Å²) in [7, 11) is 1.62. The summed E-state index contributed by atoms with van der Waals surface area (Å²) >= 11 is 3.43. The number of hydrogen-bond donors (Lipinski definition) is 2. The zero-order valence-corrected chi connectivity index (χ0v) is 10.1. The van der Waals surface area contributed by atoms with E-state index in [1.165, 1.54) is 0 Å². The van der Waals surface area contributed by atoms with Gasteiger partial charge in [-0.1, -0.05) is 15.9 Å². The van der Waals surface area contributed by atoms with Gasteiger partial charge in [-0.05, 0) is 30.7 Å². The molecule has 0 saturated heterocycles. The maximum absolute atomic E-state index is 11.4. The molecule has 2 aromatic rings. The number of aromatic amines is 1. The first-order valence-corrected chi connectivity index (χ1v) is 5.42. The summed E-state index contributed by atoms with van der Waals surface area (Å²) in [5.41, 5.74) is 2.71. The van der Waals surface area contributed by atoms with E-state index in [9.17, 15) is 4.79 Å². The molecule has 0 radical (unpaired) electrons. The van der Waals surface area contributed by atoms with Crippen molar-refractivity contribution >= 4 is 32.7 Å². The van der Waals surface area contributed by atoms with Crippen molar-refractivity contribution in [1.82, 2.24) is 10.3 Å². The van der Waals surface area contributed by atoms with Crippen LogP contribution >= 0.6 is 15.9 Å². The van der Waals surface area contributed by atoms with E-state index in [4.69, 9.17) is 0 Å². The van der Waals surface area contributed by atoms with E-state index < -0.39 is 0 Å². The van der Waals surface area contributed by atoms with Gasteiger partial charge in [-0.2, -0.15) is 0 Å². The molecule has 0 saturated carbocycles. The lowest BCUT2D eigenvalue weighted by Crippen LogP contribution is -2.17. The predicted molar refractivity (Wildman–Crippen MR) is 64.1 cm³/mol. The van der Waals surface area contributed by atoms with Crippen molar-refractivity contribution in [2.45, 2.75) is 6.92 Å². The summed E-state index contributed by atoms with van der Waals surface area (Å²) in [4.78, 5) is 14.5. The Morgan fingerprint density at radius 2 is 2.13 bits per heavy atom. The minimum absolute atomic E-state index is 0.0956. The average molecular weight is 267 g/mol. The minimum atomic E-state index is -0.0956. The summed E-state index contributed by atoms with van der Waals surface area (Å²) < 4.78 is 1.01. The fraction of sp³-hybridized carbons (Fsp3) is 0.182. The van der Waals surface area contributed by atoms with Gasteiger partial charge in [0.05, 0.1) is 0 Å². The molecule has 78 valence electrons. The van der Waals surface area contributed by atoms with Gasteiger partial charge < -0.3 is 10.3 Å². The highest BCUT2D eigenvalue weighted by Gasteiger charge is 2.09. The van der Waals surface area contributed by atoms with E-state index in [0.29, 0.717) is 5.69 Å². The highest BCUT2D eigenvalue weighted by Crippen LogP contribution is 2.24. The molecule has 4 heteroatoms. The molecule has 1 amide bonds. The highest BCUT2D eigenvalue weighted by molar-refractivity contribution is 9.10. The number of hydrogen-bond acceptors (Lipinski definition) is 1. The molecule has 0 unspecified atom stereocenters. The van der Waals surface area contributed by atoms with Crippen LogP contribution in [0.5, 0.6) is 0 Å². The number of aryl methyl sites for hydroxylation is 1. The second-order valence-electron chi connectivity index (χ2n) is 3.45. The van der Waals surface area contributed by atoms with Gasteiger partial charge in [0.1, 0.15) is 5.69 Å². The first-order chi connectivity index (χ1) is 7.11. The number of H-pyrrole nitrogens is 1. The maximum atomic E-state index is 11.4. The molecule has 0 atom stereocenters. The first kappa shape index (κ1) is 10.2. The van der Waals surface area contributed by atoms with E-state index >= 15 is 0 Å². The summed E-state index contributed by atoms with van der Waals surface area (Å²) in [6.07, 6.45) is 0. The number of nitrogens with one attached hydrogen (secondary N) is 2. The quantitative estimate of drug-likeness (QED) is 0.819. The molecule has 1 aromatic heterocycles. The SMILES string of the molecule is CNC(=O)c1cc2c(C)cc(Br)cc2[nH]1. The second kappa shape index (κ2) is 3.70. The number of aromatic nitrogens is 1. The summed E-state index contributed by atoms with van der Waals surface area (Å²) in [6.45, 7) is 2.02. The molecular weight excluding hydrogens is 256 g/mol. The number of fused-ring (bicyclic) bond motifs is 1. The monoisotopic (exact) mass is 266 g/mol. The van der Waals surface area contributed by atoms with Crippen LogP contribution < -0.4 is 5.32 Å². The van der Waals surface area contributed by atoms with Gasteiger partial charge in [0.25, 0.3) is 5.91 Å². The van der Waals surface area contributed by atoms with Gasteiger partial charge in [-0.25, -0.2) is 0 Å². The van der Waals surface area contributed by atoms with Crippen molar-refractivity contribution in [3.8, 4) is 0 Å². The Labute approximate surface area is 96.0 Å². The number of halogens is 1. The molecule has 2 rings (SSSR count). The summed E-state index contributed by atoms with van der Waals surface area (Å²) in [6, 6.07) is 5.87. The lowest BCUT2D eigenvalue weighted by atomic mass is 10.1. The third-order valence-corrected chi connectivity index (χ3v) is 2.84. The van der Waals surface area contributed by atoms with Crippen LogP contribution in [0, 0.1) is 6.92 Å². The van der Waals surface area contributed by atoms with Gasteiger partial charge in [0.15, 0.2) is 0 Å². The predicted octanol–water partition coefficient (Wildman–Crippen LogP) is 2.60. The van der Waals surface area contributed by atoms with Crippen LogP contribution in [-0.4, -0.2) is 17.9 Å². The molecule has 2 N–H and O–H groups in total. The van der Waals surface area contributed by atoms with Crippen molar-refractivity contribution in [3.05, 3.63) is 33.9 Å². The Hall–Kier alpha value is -1.29. The standard InChI is InChI=1S/C11H11BrN2O/c1-6-3-7(12)4-9-8(6)5-10(14-9)11(15)13-2/h3-5,14H,1-2H3,(H,13,15). The van der Waals surface area contributed by atoms with E-state index in [1.807, 2.05) is 25.1 Å². The largest absolute Gasteiger partial charge is 0.354 e. The Morgan fingerprint density at radius 1 is 1.40 bits per heavy atom. The van der Waals surface area contributed by atoms with Crippen LogP contribution in [0.15, 0.2) is 22.7 Å². The second-order valence-corrected chi connectivity index (χ2v) is 4.36. The maximum Gasteiger partial charge on any atom is 0.267 e. The van der Waals surface area contributed by atoms with Crippen LogP contribution in [-0.2, 0) is 0 Å². The zero-order valence-electron chi connectivity index (χ0n) is 8.52. The number of benzene rings is 1. The Balaban J connectivity index is 2.65. The van der Waals surface area contributed by atoms with Crippen molar-refractivity contribution in [2.24, 2.45) is 0 Å². The van der Waals surface area contributed by atoms with Gasteiger partial charge in [0.2, 0.25) is 0 Å². The lowest BCUT2D eigenvalue weighted by Gasteiger charge is -1.96. The van der Waals surface area contributed by atoms with Gasteiger partial charge in [0, 0.05) is 22.4 Å². The molecule has 1 aromatic carbocycles. The first-order valence-electron chi connectivity index (χ1n) is 4.63. The number of carbonyl (C=O) groups is 1. The fourth-order valence-corrected chi connectivity index (χ4v) is 2.20. The molecule has 0 aliphatic heterocycles. The number of rotatable bonds is 1. The Morgan fingerprint density at radius 3 is 2.80 bits per heavy atom. The third-order valence-electron chi connectivity index (χ3n) is 2.38. The van der Waals surface area contributed by atoms with Gasteiger partial charge >= 0.3 is 0 Å². The van der Waals surface area contributed by atoms with Crippen molar-refractivity contribution < 1.29 is 4.79 Å². The minimum Gasteiger partial charge on any atom is -0.354 e. The highest BCUT2D eigenvalue weighted by atomic mass is 79.9. The topological polar surface area (TPSA) is 44.9 Å². The smallest absolute Gasteiger partial charge is 0.267 e. The van der Waals surface area contributed by atoms with Crippen LogP contribution in [0.3, 0.4) is 0 Å². The summed E-state index contributed by atoms with van der Waals surface area (Å²) in [5.74, 6) is -0.0956. The normalized spacial score (nSPS) is 10.6. The van der Waals surface area contributed by atoms with Crippen LogP contribution in [0.4, 0.5) is 0 Å². The van der Waals surface area contributed by atoms with E-state index in [1.54, 1.807) is 7.05 Å². The molecule has 0 aliphatic rings. The third kappa shape index (κ3) is 1.77. The van der Waals surface area contributed by atoms with Crippen LogP contribution in [0.1, 0.15) is 16.1 Å². The molecule has 15 heavy (non-hydrogen) atoms. The molecular formula is C11H11BrN2O. The molecule has 0 fully saturated rings. The molecule has 0 aliphatic carbocycles. The van der Waals surface area contributed by atoms with Crippen molar-refractivity contribution in [1.29, 1.82) is 0 Å². The van der Waals surface area contributed by atoms with Crippen LogP contribution in [0.25, 0.3) is 10.9 Å². The van der Waals surface area contributed by atoms with E-state index in [0.717, 1.165) is 20.9 Å². The van der Waals surface area contributed by atoms with Gasteiger partial charge in [-0.15, -0.1) is 0 Å². The van der Waals surface area contributed by atoms with E-state index in [-0.39, 0.29) is 5.91 Å². The van der Waals surface area contributed by atoms with E-state index in [2.05, 4.69) is 26.2 Å². The summed E-state index contributed by atoms with van der Waals surface area (Å²) in [5, 5.41) is 3.67. The van der Waals surface area contributed by atoms with Crippen LogP contribution in [0.2, 0.25) is 0 Å². The molecule has 0 bridgehead atoms.